The number of aliphatic carboxylic acids is 1. The van der Waals surface area contributed by atoms with E-state index in [0.717, 1.165) is 4.90 Å². The Kier molecular flexibility index (Phi) is 5.89. The molecule has 4 rings (SSSR count). The van der Waals surface area contributed by atoms with Gasteiger partial charge in [0.25, 0.3) is 11.8 Å². The highest BCUT2D eigenvalue weighted by atomic mass is 32.2. The third-order valence-corrected chi connectivity index (χ3v) is 6.94. The number of nitrogen functional groups attached to an aromatic ring is 1. The number of nitrogens with zero attached hydrogens (tertiary/aromatic N) is 2. The Hall–Kier alpha value is -3.38. The van der Waals surface area contributed by atoms with Gasteiger partial charge in [0.1, 0.15) is 23.7 Å². The number of thiazole rings is 1. The van der Waals surface area contributed by atoms with E-state index in [-0.39, 0.29) is 18.1 Å². The molecular weight excluding hydrogens is 456 g/mol. The van der Waals surface area contributed by atoms with Gasteiger partial charge in [0, 0.05) is 34.8 Å². The van der Waals surface area contributed by atoms with Crippen LogP contribution in [0.1, 0.15) is 17.3 Å². The lowest BCUT2D eigenvalue weighted by molar-refractivity contribution is -0.149. The van der Waals surface area contributed by atoms with Gasteiger partial charge in [-0.15, -0.1) is 23.1 Å². The molecule has 2 atom stereocenters. The molecule has 1 aromatic heterocycles. The number of nitrogens with one attached hydrogen (secondary N) is 1. The van der Waals surface area contributed by atoms with Crippen LogP contribution >= 0.6 is 23.1 Å². The smallest absolute Gasteiger partial charge is 0.352 e. The highest BCUT2D eigenvalue weighted by Gasteiger charge is 2.54. The average Bonchev–Trinajstić information content (AvgIpc) is 3.21. The molecule has 0 saturated carbocycles. The molecule has 0 spiro atoms. The molecule has 1 unspecified atom stereocenters. The number of esters is 1. The Balaban J connectivity index is 1.49. The molecule has 0 aliphatic carbocycles. The Morgan fingerprint density at radius 3 is 2.81 bits per heavy atom. The van der Waals surface area contributed by atoms with Gasteiger partial charge in [0.2, 0.25) is 0 Å². The van der Waals surface area contributed by atoms with Crippen LogP contribution < -0.4 is 11.1 Å². The van der Waals surface area contributed by atoms with E-state index < -0.39 is 35.2 Å². The SMILES string of the molecule is CC(=O)OCC1=C(C(=O)O)N2C(=O)[C@H](NC(=O)c3cccc(-c4csc(N)n4)c3)C2SC1. The first-order valence-corrected chi connectivity index (χ1v) is 11.3. The molecule has 3 heterocycles. The zero-order valence-electron chi connectivity index (χ0n) is 16.7. The molecule has 2 aromatic rings. The lowest BCUT2D eigenvalue weighted by Crippen LogP contribution is -2.70. The van der Waals surface area contributed by atoms with E-state index in [2.05, 4.69) is 10.3 Å². The molecule has 2 aliphatic rings. The minimum atomic E-state index is -1.29. The lowest BCUT2D eigenvalue weighted by Gasteiger charge is -2.49. The Labute approximate surface area is 190 Å². The number of ether oxygens (including phenoxy) is 1. The maximum absolute atomic E-state index is 12.8. The van der Waals surface area contributed by atoms with Gasteiger partial charge in [0.15, 0.2) is 5.13 Å². The zero-order chi connectivity index (χ0) is 23.0. The van der Waals surface area contributed by atoms with Gasteiger partial charge in [-0.2, -0.15) is 0 Å². The molecule has 1 aromatic carbocycles. The van der Waals surface area contributed by atoms with Crippen molar-refractivity contribution in [3.8, 4) is 11.3 Å². The first kappa shape index (κ1) is 21.8. The van der Waals surface area contributed by atoms with Crippen molar-refractivity contribution in [2.75, 3.05) is 18.1 Å². The Bertz CT molecular complexity index is 1160. The highest BCUT2D eigenvalue weighted by Crippen LogP contribution is 2.40. The molecular formula is C20H18N4O6S2. The van der Waals surface area contributed by atoms with Crippen molar-refractivity contribution >= 4 is 52.0 Å². The second-order valence-electron chi connectivity index (χ2n) is 7.05. The first-order chi connectivity index (χ1) is 15.3. The third kappa shape index (κ3) is 4.06. The van der Waals surface area contributed by atoms with Gasteiger partial charge < -0.3 is 20.9 Å². The maximum atomic E-state index is 12.8. The predicted molar refractivity (Wildman–Crippen MR) is 118 cm³/mol. The van der Waals surface area contributed by atoms with E-state index in [4.69, 9.17) is 10.5 Å². The summed E-state index contributed by atoms with van der Waals surface area (Å²) in [6, 6.07) is 5.90. The van der Waals surface area contributed by atoms with Crippen molar-refractivity contribution in [1.82, 2.24) is 15.2 Å². The average molecular weight is 475 g/mol. The molecule has 10 nitrogen and oxygen atoms in total. The van der Waals surface area contributed by atoms with Crippen LogP contribution in [0.2, 0.25) is 0 Å². The number of aromatic nitrogens is 1. The van der Waals surface area contributed by atoms with Crippen molar-refractivity contribution in [1.29, 1.82) is 0 Å². The maximum Gasteiger partial charge on any atom is 0.352 e. The van der Waals surface area contributed by atoms with E-state index in [1.54, 1.807) is 29.6 Å². The number of nitrogens with two attached hydrogens (primary N) is 1. The summed E-state index contributed by atoms with van der Waals surface area (Å²) < 4.78 is 4.91. The molecule has 166 valence electrons. The van der Waals surface area contributed by atoms with Crippen LogP contribution in [0, 0.1) is 0 Å². The summed E-state index contributed by atoms with van der Waals surface area (Å²) in [7, 11) is 0. The molecule has 2 amide bonds. The molecule has 1 fully saturated rings. The summed E-state index contributed by atoms with van der Waals surface area (Å²) in [5, 5.41) is 13.9. The molecule has 4 N–H and O–H groups in total. The van der Waals surface area contributed by atoms with Crippen molar-refractivity contribution in [3.63, 3.8) is 0 Å². The molecule has 32 heavy (non-hydrogen) atoms. The number of carbonyl (C=O) groups excluding carboxylic acids is 3. The fourth-order valence-electron chi connectivity index (χ4n) is 3.45. The number of amides is 2. The number of benzene rings is 1. The van der Waals surface area contributed by atoms with Crippen LogP contribution in [-0.2, 0) is 19.1 Å². The molecule has 2 aliphatic heterocycles. The van der Waals surface area contributed by atoms with Crippen molar-refractivity contribution in [3.05, 3.63) is 46.5 Å². The van der Waals surface area contributed by atoms with Gasteiger partial charge in [-0.3, -0.25) is 19.3 Å². The minimum Gasteiger partial charge on any atom is -0.477 e. The number of carbonyl (C=O) groups is 4. The largest absolute Gasteiger partial charge is 0.477 e. The van der Waals surface area contributed by atoms with Gasteiger partial charge in [-0.05, 0) is 12.1 Å². The summed E-state index contributed by atoms with van der Waals surface area (Å²) in [6.07, 6.45) is 0. The number of rotatable bonds is 6. The number of fused-ring (bicyclic) bond motifs is 1. The van der Waals surface area contributed by atoms with Gasteiger partial charge >= 0.3 is 11.9 Å². The van der Waals surface area contributed by atoms with E-state index in [0.29, 0.717) is 27.5 Å². The summed E-state index contributed by atoms with van der Waals surface area (Å²) in [6.45, 7) is 1.02. The fourth-order valence-corrected chi connectivity index (χ4v) is 5.35. The number of hydrogen-bond donors (Lipinski definition) is 3. The molecule has 12 heteroatoms. The van der Waals surface area contributed by atoms with Crippen molar-refractivity contribution in [2.24, 2.45) is 0 Å². The van der Waals surface area contributed by atoms with Crippen molar-refractivity contribution < 1.29 is 29.0 Å². The Morgan fingerprint density at radius 2 is 2.16 bits per heavy atom. The minimum absolute atomic E-state index is 0.200. The number of hydrogen-bond acceptors (Lipinski definition) is 9. The molecule has 1 saturated heterocycles. The first-order valence-electron chi connectivity index (χ1n) is 9.42. The van der Waals surface area contributed by atoms with Crippen molar-refractivity contribution in [2.45, 2.75) is 18.3 Å². The van der Waals surface area contributed by atoms with Crippen LogP contribution in [0.5, 0.6) is 0 Å². The lowest BCUT2D eigenvalue weighted by atomic mass is 10.0. The van der Waals surface area contributed by atoms with Gasteiger partial charge in [0.05, 0.1) is 5.69 Å². The number of carboxylic acids is 1. The van der Waals surface area contributed by atoms with Crippen LogP contribution in [0.15, 0.2) is 40.9 Å². The van der Waals surface area contributed by atoms with Crippen LogP contribution in [0.25, 0.3) is 11.3 Å². The van der Waals surface area contributed by atoms with E-state index in [9.17, 15) is 24.3 Å². The molecule has 0 bridgehead atoms. The number of thioether (sulfide) groups is 1. The summed E-state index contributed by atoms with van der Waals surface area (Å²) in [5.41, 5.74) is 7.51. The fraction of sp³-hybridized carbons (Fsp3) is 0.250. The zero-order valence-corrected chi connectivity index (χ0v) is 18.4. The Morgan fingerprint density at radius 1 is 1.38 bits per heavy atom. The molecule has 0 radical (unpaired) electrons. The summed E-state index contributed by atoms with van der Waals surface area (Å²) in [4.78, 5) is 53.7. The van der Waals surface area contributed by atoms with Crippen LogP contribution in [0.3, 0.4) is 0 Å². The number of anilines is 1. The van der Waals surface area contributed by atoms with E-state index >= 15 is 0 Å². The standard InChI is InChI=1S/C20H18N4O6S2/c1-9(25)30-6-12-7-31-18-14(17(27)24(18)15(12)19(28)29)23-16(26)11-4-2-3-10(5-11)13-8-32-20(21)22-13/h2-5,8,14,18H,6-7H2,1H3,(H2,21,22)(H,23,26)(H,28,29)/t14-,18?/m0/s1. The summed E-state index contributed by atoms with van der Waals surface area (Å²) in [5.74, 6) is -2.56. The quantitative estimate of drug-likeness (QED) is 0.415. The van der Waals surface area contributed by atoms with E-state index in [1.807, 2.05) is 0 Å². The second-order valence-corrected chi connectivity index (χ2v) is 9.04. The van der Waals surface area contributed by atoms with Crippen LogP contribution in [-0.4, -0.2) is 62.5 Å². The normalized spacial score (nSPS) is 19.8. The topological polar surface area (TPSA) is 152 Å². The number of carboxylic acid groups (broad SMARTS) is 1. The summed E-state index contributed by atoms with van der Waals surface area (Å²) >= 11 is 2.59. The van der Waals surface area contributed by atoms with Crippen LogP contribution in [0.4, 0.5) is 5.13 Å². The predicted octanol–water partition coefficient (Wildman–Crippen LogP) is 1.31. The monoisotopic (exact) mass is 474 g/mol. The van der Waals surface area contributed by atoms with Gasteiger partial charge in [-0.1, -0.05) is 12.1 Å². The number of β-lactam (4-membered cyclic amide) rings is 1. The van der Waals surface area contributed by atoms with Gasteiger partial charge in [-0.25, -0.2) is 9.78 Å². The third-order valence-electron chi connectivity index (χ3n) is 4.93. The highest BCUT2D eigenvalue weighted by molar-refractivity contribution is 8.00. The van der Waals surface area contributed by atoms with E-state index in [1.165, 1.54) is 30.0 Å². The second kappa shape index (κ2) is 8.63.